The lowest BCUT2D eigenvalue weighted by molar-refractivity contribution is 0.102. The van der Waals surface area contributed by atoms with E-state index in [1.165, 1.54) is 18.2 Å². The van der Waals surface area contributed by atoms with E-state index in [-0.39, 0.29) is 11.1 Å². The highest BCUT2D eigenvalue weighted by molar-refractivity contribution is 6.31. The van der Waals surface area contributed by atoms with E-state index >= 15 is 0 Å². The quantitative estimate of drug-likeness (QED) is 0.830. The minimum atomic E-state index is -0.388. The Hall–Kier alpha value is -1.85. The Bertz CT molecular complexity index is 586. The lowest BCUT2D eigenvalue weighted by Gasteiger charge is -2.06. The number of hydrogen-bond donors (Lipinski definition) is 2. The van der Waals surface area contributed by atoms with Crippen LogP contribution >= 0.6 is 23.2 Å². The first kappa shape index (κ1) is 12.6. The molecule has 3 N–H and O–H groups in total. The molecule has 92 valence electrons. The van der Waals surface area contributed by atoms with Crippen molar-refractivity contribution in [3.63, 3.8) is 0 Å². The van der Waals surface area contributed by atoms with E-state index in [4.69, 9.17) is 28.9 Å². The van der Waals surface area contributed by atoms with Gasteiger partial charge in [0.05, 0.1) is 5.56 Å². The maximum atomic E-state index is 11.9. The van der Waals surface area contributed by atoms with Gasteiger partial charge in [-0.1, -0.05) is 23.2 Å². The van der Waals surface area contributed by atoms with Gasteiger partial charge in [-0.2, -0.15) is 0 Å². The molecule has 7 heteroatoms. The molecule has 1 heterocycles. The second kappa shape index (κ2) is 5.20. The Labute approximate surface area is 113 Å². The van der Waals surface area contributed by atoms with E-state index in [2.05, 4.69) is 15.5 Å². The van der Waals surface area contributed by atoms with Crippen molar-refractivity contribution in [3.8, 4) is 0 Å². The summed E-state index contributed by atoms with van der Waals surface area (Å²) in [6, 6.07) is 7.69. The minimum Gasteiger partial charge on any atom is -0.398 e. The number of anilines is 2. The number of hydrogen-bond acceptors (Lipinski definition) is 4. The van der Waals surface area contributed by atoms with Gasteiger partial charge in [0, 0.05) is 10.7 Å². The van der Waals surface area contributed by atoms with Gasteiger partial charge in [0.2, 0.25) is 0 Å². The summed E-state index contributed by atoms with van der Waals surface area (Å²) >= 11 is 11.3. The maximum Gasteiger partial charge on any atom is 0.258 e. The highest BCUT2D eigenvalue weighted by atomic mass is 35.5. The van der Waals surface area contributed by atoms with Gasteiger partial charge in [0.1, 0.15) is 0 Å². The van der Waals surface area contributed by atoms with Gasteiger partial charge < -0.3 is 11.1 Å². The second-order valence-corrected chi connectivity index (χ2v) is 4.25. The van der Waals surface area contributed by atoms with Gasteiger partial charge in [0.15, 0.2) is 11.0 Å². The molecule has 1 amide bonds. The van der Waals surface area contributed by atoms with Crippen LogP contribution in [-0.2, 0) is 0 Å². The molecule has 0 fully saturated rings. The smallest absolute Gasteiger partial charge is 0.258 e. The molecule has 0 aliphatic rings. The summed E-state index contributed by atoms with van der Waals surface area (Å²) in [5.74, 6) is -0.0976. The van der Waals surface area contributed by atoms with Crippen LogP contribution < -0.4 is 11.1 Å². The molecule has 0 bridgehead atoms. The van der Waals surface area contributed by atoms with Crippen LogP contribution in [0.1, 0.15) is 10.4 Å². The van der Waals surface area contributed by atoms with Crippen molar-refractivity contribution in [3.05, 3.63) is 46.1 Å². The molecular weight excluding hydrogens is 275 g/mol. The number of amides is 1. The topological polar surface area (TPSA) is 80.9 Å². The number of halogens is 2. The first-order valence-corrected chi connectivity index (χ1v) is 5.67. The molecule has 0 atom stereocenters. The standard InChI is InChI=1S/C11H8Cl2N4O/c12-6-1-2-7(8(14)5-6)11(18)15-10-4-3-9(13)16-17-10/h1-5H,14H2,(H,15,17,18). The van der Waals surface area contributed by atoms with Crippen molar-refractivity contribution < 1.29 is 4.79 Å². The number of nitrogens with one attached hydrogen (secondary N) is 1. The van der Waals surface area contributed by atoms with Crippen LogP contribution in [0.25, 0.3) is 0 Å². The average Bonchev–Trinajstić information content (AvgIpc) is 2.32. The molecule has 0 saturated carbocycles. The zero-order chi connectivity index (χ0) is 13.1. The van der Waals surface area contributed by atoms with Crippen LogP contribution in [0.15, 0.2) is 30.3 Å². The van der Waals surface area contributed by atoms with Crippen molar-refractivity contribution in [2.75, 3.05) is 11.1 Å². The lowest BCUT2D eigenvalue weighted by atomic mass is 10.1. The van der Waals surface area contributed by atoms with Crippen molar-refractivity contribution in [1.82, 2.24) is 10.2 Å². The van der Waals surface area contributed by atoms with Crippen LogP contribution in [0, 0.1) is 0 Å². The fourth-order valence-electron chi connectivity index (χ4n) is 1.31. The van der Waals surface area contributed by atoms with Crippen LogP contribution in [-0.4, -0.2) is 16.1 Å². The van der Waals surface area contributed by atoms with E-state index in [1.54, 1.807) is 12.1 Å². The fourth-order valence-corrected chi connectivity index (χ4v) is 1.59. The third-order valence-corrected chi connectivity index (χ3v) is 2.57. The highest BCUT2D eigenvalue weighted by Gasteiger charge is 2.11. The second-order valence-electron chi connectivity index (χ2n) is 3.43. The summed E-state index contributed by atoms with van der Waals surface area (Å²) in [5.41, 5.74) is 6.31. The van der Waals surface area contributed by atoms with Crippen molar-refractivity contribution in [2.45, 2.75) is 0 Å². The molecule has 1 aromatic carbocycles. The predicted octanol–water partition coefficient (Wildman–Crippen LogP) is 2.62. The number of rotatable bonds is 2. The van der Waals surface area contributed by atoms with E-state index in [1.807, 2.05) is 0 Å². The number of benzene rings is 1. The zero-order valence-corrected chi connectivity index (χ0v) is 10.5. The first-order chi connectivity index (χ1) is 8.56. The molecule has 18 heavy (non-hydrogen) atoms. The molecule has 2 rings (SSSR count). The Morgan fingerprint density at radius 3 is 2.56 bits per heavy atom. The molecule has 0 radical (unpaired) electrons. The molecule has 2 aromatic rings. The molecule has 5 nitrogen and oxygen atoms in total. The van der Waals surface area contributed by atoms with E-state index in [0.717, 1.165) is 0 Å². The van der Waals surface area contributed by atoms with E-state index in [9.17, 15) is 4.79 Å². The summed E-state index contributed by atoms with van der Waals surface area (Å²) < 4.78 is 0. The monoisotopic (exact) mass is 282 g/mol. The van der Waals surface area contributed by atoms with Crippen molar-refractivity contribution in [2.24, 2.45) is 0 Å². The van der Waals surface area contributed by atoms with E-state index in [0.29, 0.717) is 22.1 Å². The average molecular weight is 283 g/mol. The first-order valence-electron chi connectivity index (χ1n) is 4.92. The largest absolute Gasteiger partial charge is 0.398 e. The molecule has 1 aromatic heterocycles. The van der Waals surface area contributed by atoms with Gasteiger partial charge in [-0.05, 0) is 30.3 Å². The Morgan fingerprint density at radius 1 is 1.17 bits per heavy atom. The summed E-state index contributed by atoms with van der Waals surface area (Å²) in [6.07, 6.45) is 0. The van der Waals surface area contributed by atoms with Gasteiger partial charge in [-0.25, -0.2) is 0 Å². The molecule has 0 aliphatic heterocycles. The summed E-state index contributed by atoms with van der Waals surface area (Å²) in [6.45, 7) is 0. The van der Waals surface area contributed by atoms with E-state index < -0.39 is 0 Å². The third kappa shape index (κ3) is 2.88. The number of nitrogens with two attached hydrogens (primary N) is 1. The molecule has 0 unspecified atom stereocenters. The number of nitrogens with zero attached hydrogens (tertiary/aromatic N) is 2. The Balaban J connectivity index is 2.19. The predicted molar refractivity (Wildman–Crippen MR) is 70.9 cm³/mol. The van der Waals surface area contributed by atoms with Gasteiger partial charge in [-0.3, -0.25) is 4.79 Å². The summed E-state index contributed by atoms with van der Waals surface area (Å²) in [7, 11) is 0. The number of aromatic nitrogens is 2. The zero-order valence-electron chi connectivity index (χ0n) is 9.02. The Kier molecular flexibility index (Phi) is 3.64. The van der Waals surface area contributed by atoms with Gasteiger partial charge in [-0.15, -0.1) is 10.2 Å². The highest BCUT2D eigenvalue weighted by Crippen LogP contribution is 2.19. The van der Waals surface area contributed by atoms with Crippen molar-refractivity contribution >= 4 is 40.6 Å². The molecule has 0 saturated heterocycles. The van der Waals surface area contributed by atoms with Gasteiger partial charge >= 0.3 is 0 Å². The Morgan fingerprint density at radius 2 is 1.94 bits per heavy atom. The van der Waals surface area contributed by atoms with Crippen LogP contribution in [0.5, 0.6) is 0 Å². The number of carbonyl (C=O) groups is 1. The maximum absolute atomic E-state index is 11.9. The SMILES string of the molecule is Nc1cc(Cl)ccc1C(=O)Nc1ccc(Cl)nn1. The molecule has 0 spiro atoms. The van der Waals surface area contributed by atoms with Crippen molar-refractivity contribution in [1.29, 1.82) is 0 Å². The minimum absolute atomic E-state index is 0.249. The fraction of sp³-hybridized carbons (Fsp3) is 0. The molecular formula is C11H8Cl2N4O. The van der Waals surface area contributed by atoms with Crippen LogP contribution in [0.3, 0.4) is 0 Å². The molecule has 0 aliphatic carbocycles. The number of carbonyl (C=O) groups excluding carboxylic acids is 1. The van der Waals surface area contributed by atoms with Gasteiger partial charge in [0.25, 0.3) is 5.91 Å². The van der Waals surface area contributed by atoms with Crippen LogP contribution in [0.4, 0.5) is 11.5 Å². The van der Waals surface area contributed by atoms with Crippen LogP contribution in [0.2, 0.25) is 10.2 Å². The summed E-state index contributed by atoms with van der Waals surface area (Å²) in [5, 5.41) is 10.6. The third-order valence-electron chi connectivity index (χ3n) is 2.13. The summed E-state index contributed by atoms with van der Waals surface area (Å²) in [4.78, 5) is 11.9. The normalized spacial score (nSPS) is 10.1. The number of nitrogen functional groups attached to an aromatic ring is 1. The lowest BCUT2D eigenvalue weighted by Crippen LogP contribution is -2.15.